The van der Waals surface area contributed by atoms with Crippen LogP contribution in [0.1, 0.15) is 0 Å². The zero-order valence-electron chi connectivity index (χ0n) is 33.0. The van der Waals surface area contributed by atoms with Crippen LogP contribution in [0.5, 0.6) is 0 Å². The first-order chi connectivity index (χ1) is 29.8. The van der Waals surface area contributed by atoms with Crippen LogP contribution in [0, 0.1) is 0 Å². The highest BCUT2D eigenvalue weighted by Crippen LogP contribution is 2.45. The lowest BCUT2D eigenvalue weighted by molar-refractivity contribution is 1.17. The predicted molar refractivity (Wildman–Crippen MR) is 255 cm³/mol. The van der Waals surface area contributed by atoms with Gasteiger partial charge in [0, 0.05) is 33.4 Å². The van der Waals surface area contributed by atoms with E-state index in [2.05, 4.69) is 252 Å². The standard InChI is InChI=1S/C58H40N2/c1-3-15-41(16-4-1)42-29-31-43(32-30-42)44-33-36-48(37-34-44)59(49-21-14-22-50(40-49)60-56-27-11-9-24-54(56)55-25-10-12-28-57(55)60)58-39-47(35-38-53(58)46-17-5-2-6-18-46)52-26-13-20-45-19-7-8-23-51(45)52/h1-40H. The number of rotatable bonds is 8. The number of para-hydroxylation sites is 2. The highest BCUT2D eigenvalue weighted by Gasteiger charge is 2.21. The number of hydrogen-bond donors (Lipinski definition) is 0. The molecule has 0 unspecified atom stereocenters. The molecule has 11 aromatic rings. The van der Waals surface area contributed by atoms with Crippen LogP contribution in [0.4, 0.5) is 17.1 Å². The van der Waals surface area contributed by atoms with Gasteiger partial charge in [0.15, 0.2) is 0 Å². The summed E-state index contributed by atoms with van der Waals surface area (Å²) in [6.07, 6.45) is 0. The second-order valence-corrected chi connectivity index (χ2v) is 15.3. The summed E-state index contributed by atoms with van der Waals surface area (Å²) < 4.78 is 2.40. The third-order valence-corrected chi connectivity index (χ3v) is 11.8. The summed E-state index contributed by atoms with van der Waals surface area (Å²) in [6, 6.07) is 88.0. The second kappa shape index (κ2) is 15.1. The van der Waals surface area contributed by atoms with Gasteiger partial charge in [-0.15, -0.1) is 0 Å². The zero-order chi connectivity index (χ0) is 39.8. The summed E-state index contributed by atoms with van der Waals surface area (Å²) >= 11 is 0. The van der Waals surface area contributed by atoms with Crippen LogP contribution in [-0.2, 0) is 0 Å². The maximum Gasteiger partial charge on any atom is 0.0546 e. The van der Waals surface area contributed by atoms with Crippen molar-refractivity contribution in [2.45, 2.75) is 0 Å². The molecule has 0 radical (unpaired) electrons. The van der Waals surface area contributed by atoms with Gasteiger partial charge in [0.1, 0.15) is 0 Å². The molecule has 2 heteroatoms. The lowest BCUT2D eigenvalue weighted by Gasteiger charge is -2.29. The minimum Gasteiger partial charge on any atom is -0.310 e. The fraction of sp³-hybridized carbons (Fsp3) is 0. The van der Waals surface area contributed by atoms with Gasteiger partial charge in [-0.25, -0.2) is 0 Å². The highest BCUT2D eigenvalue weighted by atomic mass is 15.1. The van der Waals surface area contributed by atoms with Gasteiger partial charge in [0.05, 0.1) is 16.7 Å². The lowest BCUT2D eigenvalue weighted by Crippen LogP contribution is -2.12. The van der Waals surface area contributed by atoms with Crippen LogP contribution in [0.3, 0.4) is 0 Å². The van der Waals surface area contributed by atoms with Crippen molar-refractivity contribution in [2.75, 3.05) is 4.90 Å². The van der Waals surface area contributed by atoms with Crippen molar-refractivity contribution in [2.24, 2.45) is 0 Å². The van der Waals surface area contributed by atoms with Crippen molar-refractivity contribution in [3.8, 4) is 50.2 Å². The van der Waals surface area contributed by atoms with E-state index >= 15 is 0 Å². The maximum absolute atomic E-state index is 2.44. The van der Waals surface area contributed by atoms with Crippen LogP contribution in [0.2, 0.25) is 0 Å². The first-order valence-corrected chi connectivity index (χ1v) is 20.6. The number of hydrogen-bond acceptors (Lipinski definition) is 1. The molecule has 60 heavy (non-hydrogen) atoms. The lowest BCUT2D eigenvalue weighted by atomic mass is 9.94. The minimum absolute atomic E-state index is 1.07. The van der Waals surface area contributed by atoms with Crippen LogP contribution >= 0.6 is 0 Å². The number of nitrogens with zero attached hydrogens (tertiary/aromatic N) is 2. The first kappa shape index (κ1) is 35.2. The molecule has 0 bridgehead atoms. The van der Waals surface area contributed by atoms with E-state index in [1.807, 2.05) is 0 Å². The van der Waals surface area contributed by atoms with Gasteiger partial charge in [-0.3, -0.25) is 0 Å². The van der Waals surface area contributed by atoms with E-state index < -0.39 is 0 Å². The summed E-state index contributed by atoms with van der Waals surface area (Å²) in [7, 11) is 0. The average molecular weight is 765 g/mol. The SMILES string of the molecule is c1ccc(-c2ccc(-c3ccc(N(c4cccc(-n5c6ccccc6c6ccccc65)c4)c4cc(-c5cccc6ccccc56)ccc4-c4ccccc4)cc3)cc2)cc1. The Morgan fingerprint density at radius 2 is 0.783 bits per heavy atom. The summed E-state index contributed by atoms with van der Waals surface area (Å²) in [5.41, 5.74) is 16.2. The summed E-state index contributed by atoms with van der Waals surface area (Å²) in [6.45, 7) is 0. The molecule has 0 fully saturated rings. The Balaban J connectivity index is 1.11. The largest absolute Gasteiger partial charge is 0.310 e. The Labute approximate surface area is 350 Å². The molecule has 1 heterocycles. The normalized spacial score (nSPS) is 11.3. The third kappa shape index (κ3) is 6.32. The number of fused-ring (bicyclic) bond motifs is 4. The molecule has 2 nitrogen and oxygen atoms in total. The molecule has 0 saturated heterocycles. The van der Waals surface area contributed by atoms with Crippen LogP contribution in [0.25, 0.3) is 82.8 Å². The van der Waals surface area contributed by atoms with Crippen molar-refractivity contribution in [3.63, 3.8) is 0 Å². The number of aromatic nitrogens is 1. The highest BCUT2D eigenvalue weighted by molar-refractivity contribution is 6.09. The van der Waals surface area contributed by atoms with Gasteiger partial charge < -0.3 is 9.47 Å². The number of anilines is 3. The molecular weight excluding hydrogens is 725 g/mol. The van der Waals surface area contributed by atoms with E-state index in [1.165, 1.54) is 66.0 Å². The van der Waals surface area contributed by atoms with Crippen molar-refractivity contribution in [3.05, 3.63) is 243 Å². The van der Waals surface area contributed by atoms with Crippen LogP contribution < -0.4 is 4.90 Å². The molecule has 0 N–H and O–H groups in total. The van der Waals surface area contributed by atoms with Gasteiger partial charge in [0.25, 0.3) is 0 Å². The van der Waals surface area contributed by atoms with Gasteiger partial charge in [-0.2, -0.15) is 0 Å². The Morgan fingerprint density at radius 3 is 1.45 bits per heavy atom. The van der Waals surface area contributed by atoms with Gasteiger partial charge in [-0.1, -0.05) is 194 Å². The van der Waals surface area contributed by atoms with Crippen LogP contribution in [-0.4, -0.2) is 4.57 Å². The minimum atomic E-state index is 1.07. The quantitative estimate of drug-likeness (QED) is 0.150. The average Bonchev–Trinajstić information content (AvgIpc) is 3.67. The molecule has 10 aromatic carbocycles. The van der Waals surface area contributed by atoms with Crippen LogP contribution in [0.15, 0.2) is 243 Å². The summed E-state index contributed by atoms with van der Waals surface area (Å²) in [5, 5.41) is 4.96. The maximum atomic E-state index is 2.44. The molecule has 11 rings (SSSR count). The topological polar surface area (TPSA) is 8.17 Å². The fourth-order valence-corrected chi connectivity index (χ4v) is 8.91. The van der Waals surface area contributed by atoms with E-state index in [1.54, 1.807) is 0 Å². The monoisotopic (exact) mass is 764 g/mol. The Morgan fingerprint density at radius 1 is 0.283 bits per heavy atom. The van der Waals surface area contributed by atoms with Crippen molar-refractivity contribution in [1.82, 2.24) is 4.57 Å². The van der Waals surface area contributed by atoms with E-state index in [9.17, 15) is 0 Å². The van der Waals surface area contributed by atoms with E-state index in [0.29, 0.717) is 0 Å². The predicted octanol–water partition coefficient (Wildman–Crippen LogP) is 16.1. The van der Waals surface area contributed by atoms with E-state index in [4.69, 9.17) is 0 Å². The van der Waals surface area contributed by atoms with Gasteiger partial charge in [-0.05, 0) is 98.2 Å². The molecular formula is C58H40N2. The molecule has 0 aliphatic carbocycles. The molecule has 0 spiro atoms. The first-order valence-electron chi connectivity index (χ1n) is 20.6. The third-order valence-electron chi connectivity index (χ3n) is 11.8. The smallest absolute Gasteiger partial charge is 0.0546 e. The van der Waals surface area contributed by atoms with Gasteiger partial charge in [0.2, 0.25) is 0 Å². The molecule has 0 aliphatic rings. The summed E-state index contributed by atoms with van der Waals surface area (Å²) in [5.74, 6) is 0. The number of benzene rings is 10. The molecule has 0 saturated carbocycles. The zero-order valence-corrected chi connectivity index (χ0v) is 33.0. The van der Waals surface area contributed by atoms with Crippen molar-refractivity contribution >= 4 is 49.6 Å². The summed E-state index contributed by atoms with van der Waals surface area (Å²) in [4.78, 5) is 2.44. The Kier molecular flexibility index (Phi) is 8.87. The van der Waals surface area contributed by atoms with Crippen molar-refractivity contribution in [1.29, 1.82) is 0 Å². The Hall–Kier alpha value is -7.94. The van der Waals surface area contributed by atoms with E-state index in [-0.39, 0.29) is 0 Å². The Bertz CT molecular complexity index is 3230. The fourth-order valence-electron chi connectivity index (χ4n) is 8.91. The van der Waals surface area contributed by atoms with Crippen molar-refractivity contribution < 1.29 is 0 Å². The molecule has 1 aromatic heterocycles. The second-order valence-electron chi connectivity index (χ2n) is 15.3. The van der Waals surface area contributed by atoms with E-state index in [0.717, 1.165) is 33.9 Å². The molecule has 0 atom stereocenters. The molecule has 282 valence electrons. The molecule has 0 amide bonds. The van der Waals surface area contributed by atoms with Gasteiger partial charge >= 0.3 is 0 Å². The molecule has 0 aliphatic heterocycles.